The highest BCUT2D eigenvalue weighted by molar-refractivity contribution is 7.89. The summed E-state index contributed by atoms with van der Waals surface area (Å²) in [5.74, 6) is 0. The molecule has 1 N–H and O–H groups in total. The summed E-state index contributed by atoms with van der Waals surface area (Å²) in [5.41, 5.74) is 1.48. The van der Waals surface area contributed by atoms with E-state index in [0.29, 0.717) is 25.3 Å². The Balaban J connectivity index is 2.03. The second kappa shape index (κ2) is 5.36. The molecule has 3 heterocycles. The highest BCUT2D eigenvalue weighted by Crippen LogP contribution is 2.22. The van der Waals surface area contributed by atoms with Crippen LogP contribution < -0.4 is 5.32 Å². The fraction of sp³-hybridized carbons (Fsp3) is 0.538. The fourth-order valence-corrected chi connectivity index (χ4v) is 4.09. The van der Waals surface area contributed by atoms with E-state index in [2.05, 4.69) is 15.4 Å². The van der Waals surface area contributed by atoms with Crippen molar-refractivity contribution in [3.05, 3.63) is 18.0 Å². The van der Waals surface area contributed by atoms with Crippen molar-refractivity contribution in [1.82, 2.24) is 24.4 Å². The number of nitrogens with zero attached hydrogens (tertiary/aromatic N) is 4. The summed E-state index contributed by atoms with van der Waals surface area (Å²) < 4.78 is 28.7. The van der Waals surface area contributed by atoms with Crippen molar-refractivity contribution in [3.8, 4) is 0 Å². The van der Waals surface area contributed by atoms with Crippen molar-refractivity contribution >= 4 is 21.1 Å². The zero-order chi connectivity index (χ0) is 15.0. The van der Waals surface area contributed by atoms with Crippen LogP contribution in [0.1, 0.15) is 12.1 Å². The molecule has 2 aromatic rings. The molecule has 1 saturated heterocycles. The van der Waals surface area contributed by atoms with Crippen LogP contribution >= 0.6 is 0 Å². The molecule has 0 saturated carbocycles. The highest BCUT2D eigenvalue weighted by atomic mass is 32.2. The maximum Gasteiger partial charge on any atom is 0.244 e. The van der Waals surface area contributed by atoms with Gasteiger partial charge in [-0.3, -0.25) is 4.68 Å². The largest absolute Gasteiger partial charge is 0.315 e. The van der Waals surface area contributed by atoms with Gasteiger partial charge in [-0.2, -0.15) is 9.40 Å². The minimum atomic E-state index is -3.49. The average molecular weight is 309 g/mol. The maximum absolute atomic E-state index is 12.7. The summed E-state index contributed by atoms with van der Waals surface area (Å²) in [6, 6.07) is 1.68. The Morgan fingerprint density at radius 3 is 2.90 bits per heavy atom. The first-order chi connectivity index (χ1) is 10.00. The van der Waals surface area contributed by atoms with Gasteiger partial charge in [0.2, 0.25) is 10.0 Å². The Hall–Kier alpha value is -1.51. The second-order valence-electron chi connectivity index (χ2n) is 5.26. The van der Waals surface area contributed by atoms with Crippen LogP contribution in [0.2, 0.25) is 0 Å². The minimum absolute atomic E-state index is 0.244. The second-order valence-corrected chi connectivity index (χ2v) is 7.20. The zero-order valence-corrected chi connectivity index (χ0v) is 13.0. The molecule has 2 aromatic heterocycles. The molecular weight excluding hydrogens is 290 g/mol. The molecule has 0 aromatic carbocycles. The number of hydrogen-bond acceptors (Lipinski definition) is 5. The van der Waals surface area contributed by atoms with E-state index in [-0.39, 0.29) is 4.90 Å². The molecule has 0 amide bonds. The van der Waals surface area contributed by atoms with E-state index >= 15 is 0 Å². The third kappa shape index (κ3) is 2.54. The SMILES string of the molecule is Cc1nn(C)c2ncc(S(=O)(=O)N3CCCNCC3)cc12. The molecule has 0 aliphatic carbocycles. The van der Waals surface area contributed by atoms with Crippen LogP contribution in [-0.2, 0) is 17.1 Å². The number of hydrogen-bond donors (Lipinski definition) is 1. The van der Waals surface area contributed by atoms with Crippen molar-refractivity contribution in [2.45, 2.75) is 18.2 Å². The van der Waals surface area contributed by atoms with Crippen LogP contribution in [0, 0.1) is 6.92 Å². The van der Waals surface area contributed by atoms with E-state index in [1.165, 1.54) is 10.5 Å². The van der Waals surface area contributed by atoms with Crippen molar-refractivity contribution in [1.29, 1.82) is 0 Å². The fourth-order valence-electron chi connectivity index (χ4n) is 2.64. The molecule has 1 aliphatic rings. The molecule has 8 heteroatoms. The standard InChI is InChI=1S/C13H19N5O2S/c1-10-12-8-11(9-15-13(12)17(2)16-10)21(19,20)18-6-3-4-14-5-7-18/h8-9,14H,3-7H2,1-2H3. The smallest absolute Gasteiger partial charge is 0.244 e. The summed E-state index contributed by atoms with van der Waals surface area (Å²) in [6.45, 7) is 4.42. The van der Waals surface area contributed by atoms with Gasteiger partial charge in [0.15, 0.2) is 5.65 Å². The number of fused-ring (bicyclic) bond motifs is 1. The monoisotopic (exact) mass is 309 g/mol. The Bertz CT molecular complexity index is 760. The quantitative estimate of drug-likeness (QED) is 0.861. The van der Waals surface area contributed by atoms with Crippen LogP contribution in [0.25, 0.3) is 11.0 Å². The van der Waals surface area contributed by atoms with Gasteiger partial charge in [-0.05, 0) is 26.0 Å². The number of pyridine rings is 1. The minimum Gasteiger partial charge on any atom is -0.315 e. The number of sulfonamides is 1. The molecule has 0 radical (unpaired) electrons. The zero-order valence-electron chi connectivity index (χ0n) is 12.2. The highest BCUT2D eigenvalue weighted by Gasteiger charge is 2.26. The molecule has 1 aliphatic heterocycles. The van der Waals surface area contributed by atoms with Crippen molar-refractivity contribution < 1.29 is 8.42 Å². The Morgan fingerprint density at radius 1 is 1.29 bits per heavy atom. The molecule has 0 spiro atoms. The van der Waals surface area contributed by atoms with Crippen molar-refractivity contribution in [3.63, 3.8) is 0 Å². The van der Waals surface area contributed by atoms with E-state index in [4.69, 9.17) is 0 Å². The van der Waals surface area contributed by atoms with Crippen molar-refractivity contribution in [2.24, 2.45) is 7.05 Å². The topological polar surface area (TPSA) is 80.1 Å². The Kier molecular flexibility index (Phi) is 3.68. The molecule has 21 heavy (non-hydrogen) atoms. The van der Waals surface area contributed by atoms with Gasteiger partial charge in [-0.25, -0.2) is 13.4 Å². The maximum atomic E-state index is 12.7. The van der Waals surface area contributed by atoms with Gasteiger partial charge in [0.25, 0.3) is 0 Å². The lowest BCUT2D eigenvalue weighted by Crippen LogP contribution is -2.34. The predicted molar refractivity (Wildman–Crippen MR) is 79.5 cm³/mol. The molecule has 3 rings (SSSR count). The predicted octanol–water partition coefficient (Wildman–Crippen LogP) is 0.261. The van der Waals surface area contributed by atoms with Crippen LogP contribution in [0.15, 0.2) is 17.2 Å². The van der Waals surface area contributed by atoms with E-state index in [1.54, 1.807) is 17.8 Å². The number of nitrogens with one attached hydrogen (secondary N) is 1. The Labute approximate surface area is 124 Å². The summed E-state index contributed by atoms with van der Waals surface area (Å²) >= 11 is 0. The van der Waals surface area contributed by atoms with Crippen molar-refractivity contribution in [2.75, 3.05) is 26.2 Å². The van der Waals surface area contributed by atoms with Gasteiger partial charge in [-0.1, -0.05) is 0 Å². The van der Waals surface area contributed by atoms with E-state index in [0.717, 1.165) is 24.0 Å². The number of aryl methyl sites for hydroxylation is 2. The van der Waals surface area contributed by atoms with Crippen LogP contribution in [-0.4, -0.2) is 53.7 Å². The molecule has 0 atom stereocenters. The summed E-state index contributed by atoms with van der Waals surface area (Å²) in [7, 11) is -1.69. The molecule has 114 valence electrons. The lowest BCUT2D eigenvalue weighted by Gasteiger charge is -2.19. The Morgan fingerprint density at radius 2 is 2.10 bits per heavy atom. The van der Waals surface area contributed by atoms with E-state index in [1.807, 2.05) is 6.92 Å². The van der Waals surface area contributed by atoms with E-state index in [9.17, 15) is 8.42 Å². The third-order valence-corrected chi connectivity index (χ3v) is 5.64. The van der Waals surface area contributed by atoms with Crippen LogP contribution in [0.3, 0.4) is 0 Å². The summed E-state index contributed by atoms with van der Waals surface area (Å²) in [5, 5.41) is 8.27. The first-order valence-electron chi connectivity index (χ1n) is 7.00. The summed E-state index contributed by atoms with van der Waals surface area (Å²) in [4.78, 5) is 4.51. The van der Waals surface area contributed by atoms with Gasteiger partial charge in [0.05, 0.1) is 5.69 Å². The molecule has 7 nitrogen and oxygen atoms in total. The number of aromatic nitrogens is 3. The third-order valence-electron chi connectivity index (χ3n) is 3.77. The van der Waals surface area contributed by atoms with Gasteiger partial charge < -0.3 is 5.32 Å². The van der Waals surface area contributed by atoms with Crippen LogP contribution in [0.4, 0.5) is 0 Å². The van der Waals surface area contributed by atoms with Gasteiger partial charge in [-0.15, -0.1) is 0 Å². The first kappa shape index (κ1) is 14.4. The number of rotatable bonds is 2. The molecule has 0 bridgehead atoms. The lowest BCUT2D eigenvalue weighted by molar-refractivity contribution is 0.432. The van der Waals surface area contributed by atoms with Crippen LogP contribution in [0.5, 0.6) is 0 Å². The summed E-state index contributed by atoms with van der Waals surface area (Å²) in [6.07, 6.45) is 2.25. The van der Waals surface area contributed by atoms with Gasteiger partial charge >= 0.3 is 0 Å². The average Bonchev–Trinajstić information content (AvgIpc) is 2.67. The first-order valence-corrected chi connectivity index (χ1v) is 8.44. The molecule has 1 fully saturated rings. The van der Waals surface area contributed by atoms with Gasteiger partial charge in [0, 0.05) is 38.3 Å². The van der Waals surface area contributed by atoms with E-state index < -0.39 is 10.0 Å². The van der Waals surface area contributed by atoms with Gasteiger partial charge in [0.1, 0.15) is 4.90 Å². The molecular formula is C13H19N5O2S. The molecule has 0 unspecified atom stereocenters. The normalized spacial score (nSPS) is 18.0. The lowest BCUT2D eigenvalue weighted by atomic mass is 10.3.